The molecule has 2 heterocycles. The number of anilines is 1. The number of nitrogens with one attached hydrogen (secondary N) is 2. The second-order valence-electron chi connectivity index (χ2n) is 7.31. The molecule has 2 aromatic carbocycles. The minimum Gasteiger partial charge on any atom is -0.497 e. The van der Waals surface area contributed by atoms with E-state index in [9.17, 15) is 13.2 Å². The molecule has 8 nitrogen and oxygen atoms in total. The number of ether oxygens (including phenoxy) is 1. The number of carbonyl (C=O) groups excluding carboxylic acids is 1. The number of carbonyl (C=O) groups is 1. The Labute approximate surface area is 201 Å². The standard InChI is InChI=1S/C22H22N4O4S3/c1-30-17-8-4-15(5-9-17)19-14-32-22(23-19)25-21(31)24-20(27)16-6-10-18(11-7-16)33(28,29)26-12-2-3-13-26/h4-11,14H,2-3,12-13H2,1H3,(H2,23,24,25,27,31). The van der Waals surface area contributed by atoms with Gasteiger partial charge >= 0.3 is 0 Å². The average molecular weight is 503 g/mol. The lowest BCUT2D eigenvalue weighted by atomic mass is 10.2. The van der Waals surface area contributed by atoms with Gasteiger partial charge in [0.25, 0.3) is 5.91 Å². The first-order chi connectivity index (χ1) is 15.9. The highest BCUT2D eigenvalue weighted by atomic mass is 32.2. The fraction of sp³-hybridized carbons (Fsp3) is 0.227. The first-order valence-corrected chi connectivity index (χ1v) is 12.9. The number of hydrogen-bond donors (Lipinski definition) is 2. The van der Waals surface area contributed by atoms with Crippen molar-refractivity contribution in [2.45, 2.75) is 17.7 Å². The van der Waals surface area contributed by atoms with Gasteiger partial charge in [0.2, 0.25) is 10.0 Å². The normalized spacial score (nSPS) is 14.1. The Morgan fingerprint density at radius 1 is 1.09 bits per heavy atom. The van der Waals surface area contributed by atoms with Gasteiger partial charge in [-0.25, -0.2) is 13.4 Å². The number of sulfonamides is 1. The fourth-order valence-electron chi connectivity index (χ4n) is 3.38. The van der Waals surface area contributed by atoms with E-state index >= 15 is 0 Å². The summed E-state index contributed by atoms with van der Waals surface area (Å²) in [5.74, 6) is 0.322. The van der Waals surface area contributed by atoms with E-state index in [1.807, 2.05) is 29.6 Å². The number of amides is 1. The van der Waals surface area contributed by atoms with Crippen LogP contribution in [0.5, 0.6) is 5.75 Å². The van der Waals surface area contributed by atoms with Crippen molar-refractivity contribution in [2.75, 3.05) is 25.5 Å². The van der Waals surface area contributed by atoms with Gasteiger partial charge in [0.05, 0.1) is 17.7 Å². The molecule has 0 spiro atoms. The summed E-state index contributed by atoms with van der Waals surface area (Å²) in [7, 11) is -1.91. The summed E-state index contributed by atoms with van der Waals surface area (Å²) >= 11 is 6.59. The molecule has 1 aliphatic heterocycles. The molecule has 0 aliphatic carbocycles. The highest BCUT2D eigenvalue weighted by Gasteiger charge is 2.27. The lowest BCUT2D eigenvalue weighted by molar-refractivity contribution is 0.0977. The van der Waals surface area contributed by atoms with Crippen LogP contribution in [0, 0.1) is 0 Å². The molecule has 0 saturated carbocycles. The van der Waals surface area contributed by atoms with E-state index in [2.05, 4.69) is 15.6 Å². The molecule has 0 bridgehead atoms. The summed E-state index contributed by atoms with van der Waals surface area (Å²) in [5, 5.41) is 8.03. The summed E-state index contributed by atoms with van der Waals surface area (Å²) in [4.78, 5) is 17.2. The van der Waals surface area contributed by atoms with Crippen LogP contribution in [-0.4, -0.2) is 48.9 Å². The number of benzene rings is 2. The molecule has 2 N–H and O–H groups in total. The van der Waals surface area contributed by atoms with E-state index in [0.717, 1.165) is 29.8 Å². The van der Waals surface area contributed by atoms with Crippen molar-refractivity contribution in [1.82, 2.24) is 14.6 Å². The smallest absolute Gasteiger partial charge is 0.257 e. The zero-order valence-electron chi connectivity index (χ0n) is 17.8. The van der Waals surface area contributed by atoms with Gasteiger partial charge in [0, 0.05) is 29.6 Å². The van der Waals surface area contributed by atoms with Crippen LogP contribution in [0.4, 0.5) is 5.13 Å². The summed E-state index contributed by atoms with van der Waals surface area (Å²) in [6.07, 6.45) is 1.73. The van der Waals surface area contributed by atoms with Crippen molar-refractivity contribution >= 4 is 49.7 Å². The van der Waals surface area contributed by atoms with Crippen LogP contribution in [0.2, 0.25) is 0 Å². The molecule has 11 heteroatoms. The highest BCUT2D eigenvalue weighted by Crippen LogP contribution is 2.26. The van der Waals surface area contributed by atoms with Gasteiger partial charge in [-0.3, -0.25) is 10.1 Å². The number of nitrogens with zero attached hydrogens (tertiary/aromatic N) is 2. The Hall–Kier alpha value is -2.86. The predicted molar refractivity (Wildman–Crippen MR) is 132 cm³/mol. The van der Waals surface area contributed by atoms with Crippen molar-refractivity contribution in [3.05, 3.63) is 59.5 Å². The average Bonchev–Trinajstić information content (AvgIpc) is 3.52. The summed E-state index contributed by atoms with van der Waals surface area (Å²) < 4.78 is 31.9. The Kier molecular flexibility index (Phi) is 7.03. The van der Waals surface area contributed by atoms with Gasteiger partial charge in [0.1, 0.15) is 5.75 Å². The second kappa shape index (κ2) is 9.96. The van der Waals surface area contributed by atoms with Gasteiger partial charge in [-0.1, -0.05) is 0 Å². The van der Waals surface area contributed by atoms with Crippen LogP contribution in [0.25, 0.3) is 11.3 Å². The number of rotatable bonds is 6. The molecule has 1 aliphatic rings. The SMILES string of the molecule is COc1ccc(-c2csc(NC(=S)NC(=O)c3ccc(S(=O)(=O)N4CCCC4)cc3)n2)cc1. The Bertz CT molecular complexity index is 1250. The van der Waals surface area contributed by atoms with Gasteiger partial charge in [0.15, 0.2) is 10.2 Å². The van der Waals surface area contributed by atoms with Gasteiger partial charge in [-0.05, 0) is 73.6 Å². The molecule has 1 fully saturated rings. The molecule has 0 unspecified atom stereocenters. The van der Waals surface area contributed by atoms with Crippen molar-refractivity contribution in [1.29, 1.82) is 0 Å². The minimum absolute atomic E-state index is 0.101. The predicted octanol–water partition coefficient (Wildman–Crippen LogP) is 3.73. The maximum Gasteiger partial charge on any atom is 0.257 e. The van der Waals surface area contributed by atoms with Crippen molar-refractivity contribution in [3.63, 3.8) is 0 Å². The third kappa shape index (κ3) is 5.38. The van der Waals surface area contributed by atoms with Gasteiger partial charge in [-0.2, -0.15) is 4.31 Å². The van der Waals surface area contributed by atoms with E-state index in [1.165, 1.54) is 39.9 Å². The van der Waals surface area contributed by atoms with Crippen LogP contribution in [0.1, 0.15) is 23.2 Å². The number of aromatic nitrogens is 1. The zero-order valence-corrected chi connectivity index (χ0v) is 20.2. The molecule has 3 aromatic rings. The highest BCUT2D eigenvalue weighted by molar-refractivity contribution is 7.89. The zero-order chi connectivity index (χ0) is 23.4. The maximum atomic E-state index is 12.6. The number of thiazole rings is 1. The first kappa shape index (κ1) is 23.3. The van der Waals surface area contributed by atoms with E-state index in [4.69, 9.17) is 17.0 Å². The molecule has 1 aromatic heterocycles. The topological polar surface area (TPSA) is 101 Å². The molecule has 33 heavy (non-hydrogen) atoms. The minimum atomic E-state index is -3.52. The lowest BCUT2D eigenvalue weighted by Crippen LogP contribution is -2.34. The quantitative estimate of drug-likeness (QED) is 0.496. The molecule has 0 radical (unpaired) electrons. The monoisotopic (exact) mass is 502 g/mol. The molecule has 4 rings (SSSR count). The number of methoxy groups -OCH3 is 1. The molecule has 0 atom stereocenters. The summed E-state index contributed by atoms with van der Waals surface area (Å²) in [5.41, 5.74) is 2.01. The van der Waals surface area contributed by atoms with Crippen molar-refractivity contribution in [3.8, 4) is 17.0 Å². The Morgan fingerprint density at radius 3 is 2.39 bits per heavy atom. The van der Waals surface area contributed by atoms with Crippen molar-refractivity contribution in [2.24, 2.45) is 0 Å². The summed E-state index contributed by atoms with van der Waals surface area (Å²) in [6.45, 7) is 1.06. The maximum absolute atomic E-state index is 12.6. The molecule has 172 valence electrons. The Morgan fingerprint density at radius 2 is 1.76 bits per heavy atom. The third-order valence-corrected chi connectivity index (χ3v) is 8.03. The van der Waals surface area contributed by atoms with E-state index in [1.54, 1.807) is 7.11 Å². The fourth-order valence-corrected chi connectivity index (χ4v) is 5.88. The van der Waals surface area contributed by atoms with Crippen LogP contribution in [0.3, 0.4) is 0 Å². The first-order valence-electron chi connectivity index (χ1n) is 10.2. The van der Waals surface area contributed by atoms with Gasteiger partial charge in [-0.15, -0.1) is 11.3 Å². The van der Waals surface area contributed by atoms with Crippen LogP contribution in [0.15, 0.2) is 58.8 Å². The molecule has 1 saturated heterocycles. The van der Waals surface area contributed by atoms with Crippen molar-refractivity contribution < 1.29 is 17.9 Å². The molecular weight excluding hydrogens is 480 g/mol. The van der Waals surface area contributed by atoms with Gasteiger partial charge < -0.3 is 10.1 Å². The largest absolute Gasteiger partial charge is 0.497 e. The number of hydrogen-bond acceptors (Lipinski definition) is 7. The lowest BCUT2D eigenvalue weighted by Gasteiger charge is -2.15. The second-order valence-corrected chi connectivity index (χ2v) is 10.5. The molecular formula is C22H22N4O4S3. The summed E-state index contributed by atoms with van der Waals surface area (Å²) in [6, 6.07) is 13.4. The number of thiocarbonyl (C=S) groups is 1. The third-order valence-electron chi connectivity index (χ3n) is 5.16. The van der Waals surface area contributed by atoms with Crippen LogP contribution in [-0.2, 0) is 10.0 Å². The van der Waals surface area contributed by atoms with E-state index in [-0.39, 0.29) is 10.0 Å². The molecule has 1 amide bonds. The van der Waals surface area contributed by atoms with E-state index < -0.39 is 15.9 Å². The Balaban J connectivity index is 1.36. The van der Waals surface area contributed by atoms with E-state index in [0.29, 0.717) is 23.8 Å². The van der Waals surface area contributed by atoms with Crippen LogP contribution < -0.4 is 15.4 Å². The van der Waals surface area contributed by atoms with Crippen LogP contribution >= 0.6 is 23.6 Å².